The first-order valence-electron chi connectivity index (χ1n) is 10.3. The number of rotatable bonds is 4. The standard InChI is InChI=1S/C20H27N5O3/c1-15-4-2-3-5-17(15)25-19(27)18(26)24(20(25)28)14-22-10-12-23(13-11-22)16-6-8-21-9-7-16/h6-9,15,17H,2-5,10-14H2,1H3/p+2/t15-,17+/m1/s1. The zero-order valence-corrected chi connectivity index (χ0v) is 16.4. The quantitative estimate of drug-likeness (QED) is 0.560. The number of hydrogen-bond acceptors (Lipinski definition) is 4. The van der Waals surface area contributed by atoms with Crippen LogP contribution in [0.4, 0.5) is 10.5 Å². The number of amides is 4. The van der Waals surface area contributed by atoms with Crippen molar-refractivity contribution >= 4 is 23.5 Å². The summed E-state index contributed by atoms with van der Waals surface area (Å²) >= 11 is 0. The van der Waals surface area contributed by atoms with Gasteiger partial charge in [-0.2, -0.15) is 0 Å². The number of aromatic nitrogens is 1. The van der Waals surface area contributed by atoms with Gasteiger partial charge in [0.1, 0.15) is 0 Å². The third-order valence-electron chi connectivity index (χ3n) is 6.40. The number of pyridine rings is 1. The Morgan fingerprint density at radius 2 is 1.71 bits per heavy atom. The van der Waals surface area contributed by atoms with Crippen molar-refractivity contribution in [1.29, 1.82) is 0 Å². The van der Waals surface area contributed by atoms with E-state index in [1.54, 1.807) is 0 Å². The van der Waals surface area contributed by atoms with Crippen LogP contribution in [0.5, 0.6) is 0 Å². The third-order valence-corrected chi connectivity index (χ3v) is 6.40. The maximum atomic E-state index is 12.9. The molecule has 8 nitrogen and oxygen atoms in total. The van der Waals surface area contributed by atoms with Gasteiger partial charge in [-0.25, -0.2) is 14.7 Å². The van der Waals surface area contributed by atoms with E-state index in [0.29, 0.717) is 0 Å². The highest BCUT2D eigenvalue weighted by molar-refractivity contribution is 6.44. The van der Waals surface area contributed by atoms with Gasteiger partial charge < -0.3 is 9.80 Å². The van der Waals surface area contributed by atoms with Gasteiger partial charge in [0.2, 0.25) is 0 Å². The molecule has 1 aliphatic carbocycles. The molecule has 4 rings (SSSR count). The molecule has 0 radical (unpaired) electrons. The van der Waals surface area contributed by atoms with Crippen LogP contribution in [0.3, 0.4) is 0 Å². The molecular weight excluding hydrogens is 358 g/mol. The van der Waals surface area contributed by atoms with Gasteiger partial charge in [-0.3, -0.25) is 14.5 Å². The van der Waals surface area contributed by atoms with Gasteiger partial charge >= 0.3 is 17.8 Å². The Morgan fingerprint density at radius 3 is 2.39 bits per heavy atom. The second kappa shape index (κ2) is 7.87. The molecule has 3 fully saturated rings. The van der Waals surface area contributed by atoms with Gasteiger partial charge in [-0.05, 0) is 18.8 Å². The van der Waals surface area contributed by atoms with Crippen molar-refractivity contribution < 1.29 is 24.3 Å². The van der Waals surface area contributed by atoms with Crippen molar-refractivity contribution in [2.24, 2.45) is 5.92 Å². The number of carbonyl (C=O) groups is 3. The van der Waals surface area contributed by atoms with Crippen LogP contribution in [-0.4, -0.2) is 66.5 Å². The Bertz CT molecular complexity index is 747. The number of urea groups is 1. The Morgan fingerprint density at radius 1 is 1.04 bits per heavy atom. The van der Waals surface area contributed by atoms with Crippen molar-refractivity contribution in [3.63, 3.8) is 0 Å². The molecule has 1 saturated carbocycles. The first-order valence-corrected chi connectivity index (χ1v) is 10.3. The molecule has 4 amide bonds. The van der Waals surface area contributed by atoms with E-state index in [2.05, 4.69) is 16.8 Å². The first-order chi connectivity index (χ1) is 13.6. The highest BCUT2D eigenvalue weighted by Gasteiger charge is 2.50. The second-order valence-corrected chi connectivity index (χ2v) is 8.17. The average Bonchev–Trinajstić information content (AvgIpc) is 2.93. The van der Waals surface area contributed by atoms with Crippen LogP contribution >= 0.6 is 0 Å². The van der Waals surface area contributed by atoms with Gasteiger partial charge in [0, 0.05) is 23.9 Å². The maximum Gasteiger partial charge on any atom is 0.338 e. The summed E-state index contributed by atoms with van der Waals surface area (Å²) in [4.78, 5) is 46.9. The lowest BCUT2D eigenvalue weighted by molar-refractivity contribution is -0.907. The number of H-pyrrole nitrogens is 1. The van der Waals surface area contributed by atoms with Crippen LogP contribution in [0.25, 0.3) is 0 Å². The fourth-order valence-corrected chi connectivity index (χ4v) is 4.69. The van der Waals surface area contributed by atoms with Crippen molar-refractivity contribution in [1.82, 2.24) is 9.80 Å². The van der Waals surface area contributed by atoms with E-state index in [0.717, 1.165) is 56.8 Å². The molecule has 0 unspecified atom stereocenters. The van der Waals surface area contributed by atoms with Crippen LogP contribution < -0.4 is 14.8 Å². The highest BCUT2D eigenvalue weighted by atomic mass is 16.2. The van der Waals surface area contributed by atoms with Crippen molar-refractivity contribution in [2.75, 3.05) is 37.7 Å². The number of anilines is 1. The average molecular weight is 387 g/mol. The van der Waals surface area contributed by atoms with E-state index in [1.807, 2.05) is 24.5 Å². The minimum Gasteiger partial charge on any atom is -0.360 e. The Kier molecular flexibility index (Phi) is 5.30. The fourth-order valence-electron chi connectivity index (χ4n) is 4.69. The minimum atomic E-state index is -0.656. The normalized spacial score (nSPS) is 27.0. The zero-order chi connectivity index (χ0) is 19.7. The first kappa shape index (κ1) is 18.9. The van der Waals surface area contributed by atoms with Crippen LogP contribution in [0.2, 0.25) is 0 Å². The summed E-state index contributed by atoms with van der Waals surface area (Å²) in [5.74, 6) is -1.04. The number of carbonyl (C=O) groups excluding carboxylic acids is 3. The summed E-state index contributed by atoms with van der Waals surface area (Å²) in [6, 6.07) is 3.53. The predicted octanol–water partition coefficient (Wildman–Crippen LogP) is -0.467. The van der Waals surface area contributed by atoms with E-state index < -0.39 is 17.8 Å². The van der Waals surface area contributed by atoms with Gasteiger partial charge in [0.05, 0.1) is 26.2 Å². The molecule has 8 heteroatoms. The summed E-state index contributed by atoms with van der Waals surface area (Å²) in [5.41, 5.74) is 1.17. The van der Waals surface area contributed by atoms with E-state index >= 15 is 0 Å². The van der Waals surface area contributed by atoms with Crippen LogP contribution in [0.1, 0.15) is 32.6 Å². The Balaban J connectivity index is 1.38. The van der Waals surface area contributed by atoms with Crippen LogP contribution in [0.15, 0.2) is 24.5 Å². The molecular formula is C20H29N5O3+2. The van der Waals surface area contributed by atoms with E-state index in [9.17, 15) is 14.4 Å². The fraction of sp³-hybridized carbons (Fsp3) is 0.600. The number of hydrogen-bond donors (Lipinski definition) is 1. The van der Waals surface area contributed by atoms with E-state index in [-0.39, 0.29) is 18.6 Å². The van der Waals surface area contributed by atoms with Crippen molar-refractivity contribution in [3.8, 4) is 0 Å². The molecule has 3 aliphatic rings. The molecule has 28 heavy (non-hydrogen) atoms. The topological polar surface area (TPSA) is 79.5 Å². The molecule has 0 aromatic carbocycles. The van der Waals surface area contributed by atoms with Gasteiger partial charge in [0.15, 0.2) is 19.1 Å². The lowest BCUT2D eigenvalue weighted by Gasteiger charge is -2.35. The second-order valence-electron chi connectivity index (χ2n) is 8.17. The summed E-state index contributed by atoms with van der Waals surface area (Å²) in [6.07, 6.45) is 7.75. The highest BCUT2D eigenvalue weighted by Crippen LogP contribution is 2.30. The molecule has 3 heterocycles. The number of piperazine rings is 1. The summed E-state index contributed by atoms with van der Waals surface area (Å²) in [7, 11) is 0. The van der Waals surface area contributed by atoms with Crippen molar-refractivity contribution in [2.45, 2.75) is 38.6 Å². The Hall–Kier alpha value is -2.48. The molecule has 2 N–H and O–H groups in total. The number of aromatic amines is 1. The molecule has 1 aromatic rings. The molecule has 2 atom stereocenters. The van der Waals surface area contributed by atoms with Crippen LogP contribution in [0, 0.1) is 5.92 Å². The number of imide groups is 2. The monoisotopic (exact) mass is 387 g/mol. The minimum absolute atomic E-state index is 0.135. The molecule has 2 aliphatic heterocycles. The van der Waals surface area contributed by atoms with Crippen molar-refractivity contribution in [3.05, 3.63) is 24.5 Å². The SMILES string of the molecule is C[C@@H]1CCCC[C@@H]1N1C(=O)C(=O)N(C[NH+]2CCN(c3cc[nH+]cc3)CC2)C1=O. The number of nitrogens with zero attached hydrogens (tertiary/aromatic N) is 3. The number of quaternary nitrogens is 1. The lowest BCUT2D eigenvalue weighted by atomic mass is 9.85. The summed E-state index contributed by atoms with van der Waals surface area (Å²) in [5, 5.41) is 0. The molecule has 2 saturated heterocycles. The van der Waals surface area contributed by atoms with Gasteiger partial charge in [0.25, 0.3) is 0 Å². The Labute approximate surface area is 165 Å². The van der Waals surface area contributed by atoms with Crippen LogP contribution in [-0.2, 0) is 9.59 Å². The predicted molar refractivity (Wildman–Crippen MR) is 101 cm³/mol. The van der Waals surface area contributed by atoms with E-state index in [4.69, 9.17) is 0 Å². The largest absolute Gasteiger partial charge is 0.360 e. The lowest BCUT2D eigenvalue weighted by Crippen LogP contribution is -3.16. The molecule has 0 spiro atoms. The smallest absolute Gasteiger partial charge is 0.338 e. The molecule has 150 valence electrons. The zero-order valence-electron chi connectivity index (χ0n) is 16.4. The van der Waals surface area contributed by atoms with Gasteiger partial charge in [-0.1, -0.05) is 19.8 Å². The molecule has 1 aromatic heterocycles. The maximum absolute atomic E-state index is 12.9. The molecule has 0 bridgehead atoms. The number of nitrogens with one attached hydrogen (secondary N) is 2. The third kappa shape index (κ3) is 3.48. The summed E-state index contributed by atoms with van der Waals surface area (Å²) in [6.45, 7) is 5.70. The van der Waals surface area contributed by atoms with E-state index in [1.165, 1.54) is 15.5 Å². The van der Waals surface area contributed by atoms with Gasteiger partial charge in [-0.15, -0.1) is 0 Å². The summed E-state index contributed by atoms with van der Waals surface area (Å²) < 4.78 is 0.